The van der Waals surface area contributed by atoms with Crippen molar-refractivity contribution >= 4 is 28.2 Å². The van der Waals surface area contributed by atoms with Crippen LogP contribution in [0, 0.1) is 17.0 Å². The van der Waals surface area contributed by atoms with Gasteiger partial charge in [-0.25, -0.2) is 0 Å². The molecule has 132 valence electrons. The maximum atomic E-state index is 11.9. The van der Waals surface area contributed by atoms with Gasteiger partial charge < -0.3 is 14.8 Å². The van der Waals surface area contributed by atoms with Gasteiger partial charge in [-0.2, -0.15) is 0 Å². The fraction of sp³-hybridized carbons (Fsp3) is 0.118. The van der Waals surface area contributed by atoms with E-state index in [1.165, 1.54) is 12.1 Å². The molecule has 0 radical (unpaired) electrons. The predicted octanol–water partition coefficient (Wildman–Crippen LogP) is 3.78. The van der Waals surface area contributed by atoms with E-state index in [2.05, 4.69) is 15.2 Å². The van der Waals surface area contributed by atoms with Crippen LogP contribution in [-0.2, 0) is 4.79 Å². The lowest BCUT2D eigenvalue weighted by atomic mass is 10.2. The topological polar surface area (TPSA) is 130 Å². The van der Waals surface area contributed by atoms with Crippen molar-refractivity contribution in [3.63, 3.8) is 0 Å². The number of nitro groups is 1. The van der Waals surface area contributed by atoms with Crippen LogP contribution >= 0.6 is 0 Å². The summed E-state index contributed by atoms with van der Waals surface area (Å²) in [7, 11) is 0. The van der Waals surface area contributed by atoms with E-state index in [1.54, 1.807) is 37.3 Å². The first-order valence-corrected chi connectivity index (χ1v) is 7.58. The number of hydrogen-bond acceptors (Lipinski definition) is 6. The van der Waals surface area contributed by atoms with Crippen molar-refractivity contribution in [3.05, 3.63) is 58.1 Å². The summed E-state index contributed by atoms with van der Waals surface area (Å²) in [4.78, 5) is 25.0. The molecule has 1 aromatic heterocycles. The first-order valence-electron chi connectivity index (χ1n) is 7.58. The Hall–Kier alpha value is -3.75. The summed E-state index contributed by atoms with van der Waals surface area (Å²) in [5, 5.41) is 28.7. The number of nitrogens with zero attached hydrogens (tertiary/aromatic N) is 3. The quantitative estimate of drug-likeness (QED) is 0.409. The normalized spacial score (nSPS) is 11.1. The van der Waals surface area contributed by atoms with Gasteiger partial charge >= 0.3 is 11.6 Å². The molecule has 1 amide bonds. The number of azo groups is 1. The van der Waals surface area contributed by atoms with Crippen LogP contribution in [-0.4, -0.2) is 27.5 Å². The van der Waals surface area contributed by atoms with Crippen LogP contribution < -0.4 is 4.74 Å². The largest absolute Gasteiger partial charge is 0.493 e. The van der Waals surface area contributed by atoms with E-state index in [4.69, 9.17) is 4.74 Å². The Balaban J connectivity index is 1.72. The van der Waals surface area contributed by atoms with Crippen molar-refractivity contribution in [1.82, 2.24) is 4.98 Å². The third kappa shape index (κ3) is 3.51. The van der Waals surface area contributed by atoms with Gasteiger partial charge in [0.25, 0.3) is 0 Å². The van der Waals surface area contributed by atoms with E-state index < -0.39 is 17.4 Å². The van der Waals surface area contributed by atoms with Gasteiger partial charge in [0.1, 0.15) is 0 Å². The fourth-order valence-corrected chi connectivity index (χ4v) is 2.38. The molecule has 0 aliphatic rings. The van der Waals surface area contributed by atoms with Crippen LogP contribution in [0.25, 0.3) is 10.9 Å². The number of benzene rings is 2. The maximum absolute atomic E-state index is 11.9. The second-order valence-corrected chi connectivity index (χ2v) is 5.48. The molecule has 0 aliphatic carbocycles. The minimum atomic E-state index is -0.746. The van der Waals surface area contributed by atoms with Crippen LogP contribution in [0.1, 0.15) is 5.56 Å². The number of carbonyl (C=O) groups is 1. The molecule has 9 heteroatoms. The van der Waals surface area contributed by atoms with Gasteiger partial charge in [0, 0.05) is 11.5 Å². The third-order valence-electron chi connectivity index (χ3n) is 3.58. The molecule has 0 aliphatic heterocycles. The number of fused-ring (bicyclic) bond motifs is 1. The number of aromatic amines is 1. The number of para-hydroxylation sites is 1. The van der Waals surface area contributed by atoms with Crippen molar-refractivity contribution in [3.8, 4) is 11.6 Å². The maximum Gasteiger partial charge on any atom is 0.311 e. The zero-order chi connectivity index (χ0) is 18.7. The lowest BCUT2D eigenvalue weighted by Gasteiger charge is -2.04. The minimum Gasteiger partial charge on any atom is -0.493 e. The molecule has 26 heavy (non-hydrogen) atoms. The van der Waals surface area contributed by atoms with Crippen molar-refractivity contribution in [2.45, 2.75) is 6.92 Å². The van der Waals surface area contributed by atoms with Gasteiger partial charge in [-0.1, -0.05) is 24.3 Å². The number of carbonyl (C=O) groups excluding carboxylic acids is 1. The molecule has 0 bridgehead atoms. The highest BCUT2D eigenvalue weighted by Crippen LogP contribution is 2.35. The van der Waals surface area contributed by atoms with Crippen LogP contribution in [0.2, 0.25) is 0 Å². The monoisotopic (exact) mass is 354 g/mol. The van der Waals surface area contributed by atoms with Crippen LogP contribution in [0.3, 0.4) is 0 Å². The van der Waals surface area contributed by atoms with Gasteiger partial charge in [0.05, 0.1) is 10.4 Å². The molecule has 3 rings (SSSR count). The molecule has 0 saturated carbocycles. The van der Waals surface area contributed by atoms with E-state index in [9.17, 15) is 20.0 Å². The van der Waals surface area contributed by atoms with Crippen molar-refractivity contribution in [2.24, 2.45) is 10.2 Å². The van der Waals surface area contributed by atoms with E-state index >= 15 is 0 Å². The molecule has 9 nitrogen and oxygen atoms in total. The standard InChI is InChI=1S/C17H14N4O5/c1-10-6-7-14(13(8-10)21(24)25)26-9-15(22)19-20-16-11-4-2-3-5-12(11)18-17(16)23/h2-8,18,23H,9H2,1H3. The molecule has 1 heterocycles. The number of hydrogen-bond donors (Lipinski definition) is 2. The molecular weight excluding hydrogens is 340 g/mol. The van der Waals surface area contributed by atoms with Gasteiger partial charge in [-0.05, 0) is 24.6 Å². The van der Waals surface area contributed by atoms with Crippen LogP contribution in [0.4, 0.5) is 11.4 Å². The number of aromatic nitrogens is 1. The summed E-state index contributed by atoms with van der Waals surface area (Å²) in [6, 6.07) is 11.4. The Morgan fingerprint density at radius 1 is 1.31 bits per heavy atom. The van der Waals surface area contributed by atoms with Crippen LogP contribution in [0.5, 0.6) is 11.6 Å². The van der Waals surface area contributed by atoms with Crippen molar-refractivity contribution in [1.29, 1.82) is 0 Å². The first kappa shape index (κ1) is 17.1. The zero-order valence-electron chi connectivity index (χ0n) is 13.7. The second-order valence-electron chi connectivity index (χ2n) is 5.48. The van der Waals surface area contributed by atoms with E-state index in [0.717, 1.165) is 0 Å². The highest BCUT2D eigenvalue weighted by atomic mass is 16.6. The summed E-state index contributed by atoms with van der Waals surface area (Å²) >= 11 is 0. The van der Waals surface area contributed by atoms with E-state index in [0.29, 0.717) is 16.5 Å². The number of ether oxygens (including phenoxy) is 1. The number of amides is 1. The summed E-state index contributed by atoms with van der Waals surface area (Å²) in [6.07, 6.45) is 0. The highest BCUT2D eigenvalue weighted by molar-refractivity contribution is 5.94. The average Bonchev–Trinajstić information content (AvgIpc) is 2.93. The molecule has 0 atom stereocenters. The summed E-state index contributed by atoms with van der Waals surface area (Å²) < 4.78 is 5.19. The molecule has 2 aromatic carbocycles. The van der Waals surface area contributed by atoms with Gasteiger partial charge in [0.2, 0.25) is 5.88 Å². The summed E-state index contributed by atoms with van der Waals surface area (Å²) in [5.41, 5.74) is 1.25. The van der Waals surface area contributed by atoms with Gasteiger partial charge in [0.15, 0.2) is 18.0 Å². The smallest absolute Gasteiger partial charge is 0.311 e. The summed E-state index contributed by atoms with van der Waals surface area (Å²) in [6.45, 7) is 1.19. The molecule has 0 saturated heterocycles. The second kappa shape index (κ2) is 7.01. The lowest BCUT2D eigenvalue weighted by molar-refractivity contribution is -0.385. The lowest BCUT2D eigenvalue weighted by Crippen LogP contribution is -2.09. The fourth-order valence-electron chi connectivity index (χ4n) is 2.38. The molecule has 0 unspecified atom stereocenters. The SMILES string of the molecule is Cc1ccc(OCC(=O)N=Nc2c(O)[nH]c3ccccc23)c([N+](=O)[O-])c1. The molecule has 2 N–H and O–H groups in total. The highest BCUT2D eigenvalue weighted by Gasteiger charge is 2.16. The molecule has 0 fully saturated rings. The van der Waals surface area contributed by atoms with E-state index in [-0.39, 0.29) is 23.0 Å². The van der Waals surface area contributed by atoms with Crippen molar-refractivity contribution < 1.29 is 19.6 Å². The third-order valence-corrected chi connectivity index (χ3v) is 3.58. The van der Waals surface area contributed by atoms with Gasteiger partial charge in [-0.15, -0.1) is 10.2 Å². The minimum absolute atomic E-state index is 0.0286. The Morgan fingerprint density at radius 2 is 2.08 bits per heavy atom. The Labute approximate surface area is 147 Å². The first-order chi connectivity index (χ1) is 12.5. The number of nitrogens with one attached hydrogen (secondary N) is 1. The number of aryl methyl sites for hydroxylation is 1. The Kier molecular flexibility index (Phi) is 4.61. The predicted molar refractivity (Wildman–Crippen MR) is 92.8 cm³/mol. The summed E-state index contributed by atoms with van der Waals surface area (Å²) in [5.74, 6) is -0.985. The Bertz CT molecular complexity index is 1030. The number of nitro benzene ring substituents is 1. The van der Waals surface area contributed by atoms with Crippen LogP contribution in [0.15, 0.2) is 52.7 Å². The number of H-pyrrole nitrogens is 1. The molecular formula is C17H14N4O5. The molecule has 0 spiro atoms. The average molecular weight is 354 g/mol. The molecule has 3 aromatic rings. The number of aromatic hydroxyl groups is 1. The zero-order valence-corrected chi connectivity index (χ0v) is 13.7. The van der Waals surface area contributed by atoms with E-state index in [1.807, 2.05) is 0 Å². The van der Waals surface area contributed by atoms with Crippen molar-refractivity contribution in [2.75, 3.05) is 6.61 Å². The Morgan fingerprint density at radius 3 is 2.85 bits per heavy atom. The number of rotatable bonds is 5. The van der Waals surface area contributed by atoms with Gasteiger partial charge in [-0.3, -0.25) is 14.9 Å².